The van der Waals surface area contributed by atoms with Crippen LogP contribution in [0.1, 0.15) is 217 Å². The number of nitrogens with zero attached hydrogens (tertiary/aromatic N) is 4. The summed E-state index contributed by atoms with van der Waals surface area (Å²) >= 11 is 0. The molecule has 0 aromatic carbocycles. The van der Waals surface area contributed by atoms with Gasteiger partial charge in [-0.2, -0.15) is 0 Å². The molecule has 11 heterocycles. The largest absolute Gasteiger partial charge is 0.481 e. The van der Waals surface area contributed by atoms with Crippen LogP contribution in [0.15, 0.2) is 61.7 Å². The SMILES string of the molecule is C.C.C=CC1=C(C)c2cc3nc(c(CC(=O)O)c4[nH]c(cc5[nH]c(cc1n2)c(C)c5CC)c(C)c4C(=O)O)[C@@H](CCC(=O)O)[C@@H]3C.C=CC1=C(C)c2cc3nc(c4c5[nH]c(cc6[nH]c(cc1n2)c(C)c6CC)c(C)c5C(=O)OC(=O)C4)[C@@H](CCC(=O)O)[C@@H]3C.[Ce].[Ce].[Ce].[Ce].[Ce].[Ce]. The van der Waals surface area contributed by atoms with E-state index >= 15 is 0 Å². The van der Waals surface area contributed by atoms with Gasteiger partial charge in [0.1, 0.15) is 0 Å². The van der Waals surface area contributed by atoms with Gasteiger partial charge in [-0.15, -0.1) is 0 Å². The number of H-pyrrole nitrogens is 4. The van der Waals surface area contributed by atoms with Crippen molar-refractivity contribution in [3.63, 3.8) is 0 Å². The number of aromatic nitrogens is 8. The molecule has 0 aliphatic carbocycles. The molecule has 0 spiro atoms. The zero-order chi connectivity index (χ0) is 62.8. The number of cyclic esters (lactones) is 2. The van der Waals surface area contributed by atoms with Crippen LogP contribution < -0.4 is 0 Å². The average Bonchev–Trinajstić information content (AvgIpc) is 1.61. The van der Waals surface area contributed by atoms with E-state index in [4.69, 9.17) is 24.7 Å². The van der Waals surface area contributed by atoms with Crippen LogP contribution in [-0.4, -0.2) is 96.1 Å². The first-order valence-corrected chi connectivity index (χ1v) is 29.2. The Bertz CT molecular complexity index is 4500. The van der Waals surface area contributed by atoms with E-state index < -0.39 is 48.2 Å². The maximum absolute atomic E-state index is 13.2. The Morgan fingerprint density at radius 3 is 1.38 bits per heavy atom. The second-order valence-corrected chi connectivity index (χ2v) is 23.0. The topological polar surface area (TPSA) is 307 Å². The van der Waals surface area contributed by atoms with Gasteiger partial charge in [0.05, 0.1) is 69.2 Å². The molecule has 8 N–H and O–H groups in total. The standard InChI is InChI=1S/C34H36N4O6.C34H34N4O5.2CH4.6Ce/c1-7-19-15(3)23-12-25-17(5)21(9-10-29(39)40)32(37-25)22(11-30(41)42)33-31(34(43)44)18(6)26(38-33)14-28-20(8-2)16(4)24(36-28)13-27(19)35-23;1-7-19-15(3)23-12-25-17(5)21(9-10-29(39)40)32(37-25)22-11-30(41)43-34(42)31-18(6)26(38-33(22)31)14-28-20(8-2)16(4)24(36-28)13-27(19)35-23;;;;;;;;/h7,12-14,17,21,36,38H,1,8-11H2,2-6H3,(H,39,40)(H,41,42)(H,43,44);7,12-14,17,21,36,38H,1,8-11H2,2-6H3,(H,39,40);2*1H4;;;;;;/t2*17-,21-;;;;;;;;/m00......../s1. The number of carboxylic acid groups (broad SMARTS) is 4. The van der Waals surface area contributed by atoms with Crippen LogP contribution in [0, 0.1) is 278 Å². The van der Waals surface area contributed by atoms with Crippen LogP contribution >= 0.6 is 0 Å². The molecule has 5 aliphatic rings. The number of carbonyl (C=O) groups excluding carboxylic acids is 2. The number of carboxylic acids is 4. The van der Waals surface area contributed by atoms with Gasteiger partial charge in [-0.1, -0.05) is 67.9 Å². The Labute approximate surface area is 755 Å². The van der Waals surface area contributed by atoms with Crippen molar-refractivity contribution >= 4 is 102 Å². The van der Waals surface area contributed by atoms with Crippen LogP contribution in [0.2, 0.25) is 0 Å². The van der Waals surface area contributed by atoms with Crippen molar-refractivity contribution in [1.29, 1.82) is 0 Å². The summed E-state index contributed by atoms with van der Waals surface area (Å²) in [6.45, 7) is 27.7. The van der Waals surface area contributed by atoms with E-state index in [0.29, 0.717) is 68.0 Å². The smallest absolute Gasteiger partial charge is 0.348 e. The number of nitrogens with one attached hydrogen (secondary N) is 4. The van der Waals surface area contributed by atoms with Crippen LogP contribution in [-0.2, 0) is 49.6 Å². The molecule has 95 heavy (non-hydrogen) atoms. The molecule has 16 bridgehead atoms. The molecule has 0 amide bonds. The number of aromatic carboxylic acids is 1. The first kappa shape index (κ1) is 89.6. The molecule has 6 aromatic heterocycles. The van der Waals surface area contributed by atoms with Crippen LogP contribution in [0.4, 0.5) is 0 Å². The minimum absolute atomic E-state index is 0. The number of ether oxygens (including phenoxy) is 1. The Morgan fingerprint density at radius 2 is 0.958 bits per heavy atom. The van der Waals surface area contributed by atoms with Crippen molar-refractivity contribution in [2.75, 3.05) is 0 Å². The number of fused-ring (bicyclic) bond motifs is 16. The number of carbonyl (C=O) groups is 6. The zero-order valence-corrected chi connectivity index (χ0v) is 72.3. The van der Waals surface area contributed by atoms with E-state index in [-0.39, 0.29) is 325 Å². The fourth-order valence-electron chi connectivity index (χ4n) is 13.2. The van der Waals surface area contributed by atoms with Gasteiger partial charge in [0.25, 0.3) is 0 Å². The first-order chi connectivity index (χ1) is 41.4. The normalized spacial score (nSPS) is 15.7. The molecule has 4 atom stereocenters. The Kier molecular flexibility index (Phi) is 35.4. The fraction of sp³-hybridized carbons (Fsp3) is 0.343. The summed E-state index contributed by atoms with van der Waals surface area (Å²) in [4.78, 5) is 108. The summed E-state index contributed by atoms with van der Waals surface area (Å²) < 4.78 is 5.23. The maximum atomic E-state index is 13.2. The second kappa shape index (κ2) is 37.6. The van der Waals surface area contributed by atoms with Gasteiger partial charge < -0.3 is 45.1 Å². The van der Waals surface area contributed by atoms with Crippen LogP contribution in [0.25, 0.3) is 66.4 Å². The summed E-state index contributed by atoms with van der Waals surface area (Å²) in [7, 11) is 0. The summed E-state index contributed by atoms with van der Waals surface area (Å²) in [5, 5.41) is 39.4. The van der Waals surface area contributed by atoms with E-state index in [9.17, 15) is 49.2 Å². The summed E-state index contributed by atoms with van der Waals surface area (Å²) in [5.74, 6) is -6.82. The van der Waals surface area contributed by atoms with E-state index in [1.165, 1.54) is 0 Å². The number of rotatable bonds is 13. The van der Waals surface area contributed by atoms with Gasteiger partial charge in [-0.3, -0.25) is 29.1 Å². The third kappa shape index (κ3) is 18.1. The van der Waals surface area contributed by atoms with Crippen LogP contribution in [0.5, 0.6) is 0 Å². The van der Waals surface area contributed by atoms with E-state index in [1.54, 1.807) is 13.0 Å². The van der Waals surface area contributed by atoms with Crippen LogP contribution in [0.3, 0.4) is 0 Å². The predicted molar refractivity (Wildman–Crippen MR) is 347 cm³/mol. The zero-order valence-electron chi connectivity index (χ0n) is 53.4. The molecule has 25 heteroatoms. The molecule has 0 saturated carbocycles. The Hall–Kier alpha value is -1.52. The Balaban J connectivity index is 0.000000597. The second-order valence-electron chi connectivity index (χ2n) is 23.0. The molecule has 6 aromatic rings. The molecule has 0 radical (unpaired) electrons. The van der Waals surface area contributed by atoms with Crippen molar-refractivity contribution in [3.05, 3.63) is 163 Å². The van der Waals surface area contributed by atoms with Gasteiger partial charge in [-0.05, 0) is 148 Å². The van der Waals surface area contributed by atoms with E-state index in [2.05, 4.69) is 46.9 Å². The summed E-state index contributed by atoms with van der Waals surface area (Å²) in [5.41, 5.74) is 20.8. The van der Waals surface area contributed by atoms with Crippen molar-refractivity contribution in [2.24, 2.45) is 0 Å². The van der Waals surface area contributed by atoms with Gasteiger partial charge in [-0.25, -0.2) is 19.6 Å². The first-order valence-electron chi connectivity index (χ1n) is 29.2. The molecule has 0 fully saturated rings. The van der Waals surface area contributed by atoms with Gasteiger partial charge in [0.15, 0.2) is 0 Å². The number of aromatic amines is 4. The Morgan fingerprint density at radius 1 is 0.537 bits per heavy atom. The number of esters is 2. The van der Waals surface area contributed by atoms with Crippen molar-refractivity contribution in [1.82, 2.24) is 39.9 Å². The molecular weight excluding hydrogens is 1970 g/mol. The van der Waals surface area contributed by atoms with Gasteiger partial charge >= 0.3 is 35.8 Å². The molecular formula is C70H78Ce6N8O11. The van der Waals surface area contributed by atoms with Crippen molar-refractivity contribution in [2.45, 2.75) is 159 Å². The number of allylic oxidation sites excluding steroid dienone is 6. The van der Waals surface area contributed by atoms with Gasteiger partial charge in [0.2, 0.25) is 0 Å². The van der Waals surface area contributed by atoms with E-state index in [1.807, 2.05) is 90.9 Å². The molecule has 488 valence electrons. The number of aryl methyl sites for hydroxylation is 6. The monoisotopic (exact) mass is 2050 g/mol. The molecule has 5 aliphatic heterocycles. The number of hydrogen-bond acceptors (Lipinski definition) is 11. The van der Waals surface area contributed by atoms with Crippen molar-refractivity contribution in [3.8, 4) is 0 Å². The minimum atomic E-state index is -1.20. The number of hydrogen-bond donors (Lipinski definition) is 8. The summed E-state index contributed by atoms with van der Waals surface area (Å²) in [6, 6.07) is 11.7. The maximum Gasteiger partial charge on any atom is 0.348 e. The van der Waals surface area contributed by atoms with Gasteiger partial charge in [0, 0.05) is 354 Å². The summed E-state index contributed by atoms with van der Waals surface area (Å²) in [6.07, 6.45) is 4.73. The fourth-order valence-corrected chi connectivity index (χ4v) is 13.2. The molecule has 11 rings (SSSR count). The average molecular weight is 2050 g/mol. The molecule has 0 unspecified atom stereocenters. The van der Waals surface area contributed by atoms with E-state index in [0.717, 1.165) is 102 Å². The quantitative estimate of drug-likeness (QED) is 0.0394. The predicted octanol–water partition coefficient (Wildman–Crippen LogP) is 14.6. The van der Waals surface area contributed by atoms with Crippen molar-refractivity contribution < 1.29 is 304 Å². The third-order valence-corrected chi connectivity index (χ3v) is 18.1. The molecule has 19 nitrogen and oxygen atoms in total. The minimum Gasteiger partial charge on any atom is -0.481 e. The third-order valence-electron chi connectivity index (χ3n) is 18.1. The number of aliphatic carboxylic acids is 3. The molecule has 0 saturated heterocycles.